The van der Waals surface area contributed by atoms with Crippen molar-refractivity contribution in [1.82, 2.24) is 0 Å². The Morgan fingerprint density at radius 3 is 2.33 bits per heavy atom. The molecule has 30 heavy (non-hydrogen) atoms. The van der Waals surface area contributed by atoms with Crippen LogP contribution in [-0.2, 0) is 12.8 Å². The largest absolute Gasteiger partial charge is 0.207 e. The summed E-state index contributed by atoms with van der Waals surface area (Å²) in [6, 6.07) is 6.01. The zero-order valence-corrected chi connectivity index (χ0v) is 19.7. The Morgan fingerprint density at radius 2 is 1.67 bits per heavy atom. The lowest BCUT2D eigenvalue weighted by atomic mass is 9.70. The lowest BCUT2D eigenvalue weighted by molar-refractivity contribution is 0.186. The molecule has 0 saturated heterocycles. The highest BCUT2D eigenvalue weighted by molar-refractivity contribution is 5.25. The Hall–Kier alpha value is -1.11. The summed E-state index contributed by atoms with van der Waals surface area (Å²) in [7, 11) is 0. The van der Waals surface area contributed by atoms with Crippen LogP contribution < -0.4 is 0 Å². The third-order valence-corrected chi connectivity index (χ3v) is 7.95. The second-order valence-electron chi connectivity index (χ2n) is 10.2. The van der Waals surface area contributed by atoms with Crippen LogP contribution in [0.2, 0.25) is 0 Å². The Balaban J connectivity index is 1.40. The first-order valence-electron chi connectivity index (χ1n) is 13.1. The average Bonchev–Trinajstić information content (AvgIpc) is 2.77. The van der Waals surface area contributed by atoms with Crippen molar-refractivity contribution < 1.29 is 4.39 Å². The zero-order valence-electron chi connectivity index (χ0n) is 19.7. The van der Waals surface area contributed by atoms with Gasteiger partial charge in [0, 0.05) is 0 Å². The van der Waals surface area contributed by atoms with Gasteiger partial charge in [0.25, 0.3) is 0 Å². The first kappa shape index (κ1) is 23.6. The summed E-state index contributed by atoms with van der Waals surface area (Å²) >= 11 is 0. The second-order valence-corrected chi connectivity index (χ2v) is 10.2. The smallest absolute Gasteiger partial charge is 0.126 e. The van der Waals surface area contributed by atoms with Gasteiger partial charge < -0.3 is 0 Å². The maximum atomic E-state index is 14.4. The molecule has 1 saturated carbocycles. The summed E-state index contributed by atoms with van der Waals surface area (Å²) in [6.07, 6.45) is 23.0. The van der Waals surface area contributed by atoms with E-state index in [9.17, 15) is 4.39 Å². The van der Waals surface area contributed by atoms with E-state index in [0.717, 1.165) is 49.0 Å². The fourth-order valence-electron chi connectivity index (χ4n) is 5.92. The van der Waals surface area contributed by atoms with Crippen LogP contribution in [0.25, 0.3) is 0 Å². The van der Waals surface area contributed by atoms with Gasteiger partial charge in [-0.1, -0.05) is 82.6 Å². The van der Waals surface area contributed by atoms with Gasteiger partial charge in [0.1, 0.15) is 5.82 Å². The molecule has 1 atom stereocenters. The molecule has 2 aliphatic rings. The Kier molecular flexibility index (Phi) is 9.95. The summed E-state index contributed by atoms with van der Waals surface area (Å²) in [6.45, 7) is 4.55. The van der Waals surface area contributed by atoms with Crippen LogP contribution in [0, 0.1) is 23.6 Å². The molecule has 0 heterocycles. The van der Waals surface area contributed by atoms with E-state index in [1.54, 1.807) is 11.6 Å². The first-order valence-corrected chi connectivity index (χ1v) is 13.1. The Morgan fingerprint density at radius 1 is 0.833 bits per heavy atom. The van der Waals surface area contributed by atoms with Crippen molar-refractivity contribution in [3.63, 3.8) is 0 Å². The zero-order chi connectivity index (χ0) is 21.2. The summed E-state index contributed by atoms with van der Waals surface area (Å²) in [5, 5.41) is 0. The fourth-order valence-corrected chi connectivity index (χ4v) is 5.92. The monoisotopic (exact) mass is 412 g/mol. The summed E-state index contributed by atoms with van der Waals surface area (Å²) < 4.78 is 14.4. The molecule has 0 N–H and O–H groups in total. The molecule has 3 rings (SSSR count). The average molecular weight is 413 g/mol. The van der Waals surface area contributed by atoms with E-state index in [1.165, 1.54) is 82.6 Å². The van der Waals surface area contributed by atoms with E-state index in [4.69, 9.17) is 0 Å². The summed E-state index contributed by atoms with van der Waals surface area (Å²) in [4.78, 5) is 0. The SMILES string of the molecule is CCCCCCc1ccc(CCC2=CCC([C@H]3CC[C@H](CCC)CC3)CC2)cc1F. The molecule has 2 aliphatic carbocycles. The molecule has 0 nitrogen and oxygen atoms in total. The van der Waals surface area contributed by atoms with Crippen molar-refractivity contribution in [3.8, 4) is 0 Å². The quantitative estimate of drug-likeness (QED) is 0.251. The molecular formula is C29H45F. The van der Waals surface area contributed by atoms with Gasteiger partial charge in [-0.15, -0.1) is 0 Å². The third kappa shape index (κ3) is 7.24. The molecular weight excluding hydrogens is 367 g/mol. The lowest BCUT2D eigenvalue weighted by Crippen LogP contribution is -2.23. The molecule has 0 bridgehead atoms. The van der Waals surface area contributed by atoms with Crippen molar-refractivity contribution in [1.29, 1.82) is 0 Å². The molecule has 0 aliphatic heterocycles. The molecule has 0 radical (unpaired) electrons. The van der Waals surface area contributed by atoms with Gasteiger partial charge in [0.05, 0.1) is 0 Å². The van der Waals surface area contributed by atoms with Crippen LogP contribution >= 0.6 is 0 Å². The van der Waals surface area contributed by atoms with Gasteiger partial charge in [-0.2, -0.15) is 0 Å². The van der Waals surface area contributed by atoms with Crippen molar-refractivity contribution in [2.75, 3.05) is 0 Å². The molecule has 0 aromatic heterocycles. The van der Waals surface area contributed by atoms with E-state index in [1.807, 2.05) is 6.07 Å². The molecule has 1 aromatic rings. The van der Waals surface area contributed by atoms with Gasteiger partial charge in [-0.05, 0) is 92.7 Å². The predicted octanol–water partition coefficient (Wildman–Crippen LogP) is 9.21. The minimum absolute atomic E-state index is 0.0142. The van der Waals surface area contributed by atoms with Crippen LogP contribution in [0.3, 0.4) is 0 Å². The van der Waals surface area contributed by atoms with Gasteiger partial charge in [0.2, 0.25) is 0 Å². The van der Waals surface area contributed by atoms with Crippen molar-refractivity contribution in [2.45, 2.75) is 117 Å². The van der Waals surface area contributed by atoms with Gasteiger partial charge in [-0.25, -0.2) is 4.39 Å². The third-order valence-electron chi connectivity index (χ3n) is 7.95. The number of allylic oxidation sites excluding steroid dienone is 2. The van der Waals surface area contributed by atoms with Gasteiger partial charge in [0.15, 0.2) is 0 Å². The maximum Gasteiger partial charge on any atom is 0.126 e. The van der Waals surface area contributed by atoms with Crippen LogP contribution in [0.1, 0.15) is 115 Å². The Bertz CT molecular complexity index is 650. The minimum Gasteiger partial charge on any atom is -0.207 e. The topological polar surface area (TPSA) is 0 Å². The van der Waals surface area contributed by atoms with Crippen LogP contribution in [-0.4, -0.2) is 0 Å². The number of benzene rings is 1. The molecule has 1 unspecified atom stereocenters. The van der Waals surface area contributed by atoms with E-state index in [0.29, 0.717) is 0 Å². The number of hydrogen-bond acceptors (Lipinski definition) is 0. The highest BCUT2D eigenvalue weighted by Gasteiger charge is 2.28. The van der Waals surface area contributed by atoms with Crippen molar-refractivity contribution >= 4 is 0 Å². The Labute approximate surface area is 185 Å². The summed E-state index contributed by atoms with van der Waals surface area (Å²) in [5.74, 6) is 2.94. The maximum absolute atomic E-state index is 14.4. The van der Waals surface area contributed by atoms with E-state index < -0.39 is 0 Å². The van der Waals surface area contributed by atoms with Crippen LogP contribution in [0.5, 0.6) is 0 Å². The van der Waals surface area contributed by atoms with E-state index in [2.05, 4.69) is 26.0 Å². The number of unbranched alkanes of at least 4 members (excludes halogenated alkanes) is 3. The van der Waals surface area contributed by atoms with Gasteiger partial charge in [-0.3, -0.25) is 0 Å². The fraction of sp³-hybridized carbons (Fsp3) is 0.724. The molecule has 1 fully saturated rings. The lowest BCUT2D eigenvalue weighted by Gasteiger charge is -2.35. The van der Waals surface area contributed by atoms with Crippen molar-refractivity contribution in [3.05, 3.63) is 46.8 Å². The van der Waals surface area contributed by atoms with Crippen LogP contribution in [0.4, 0.5) is 4.39 Å². The molecule has 0 amide bonds. The number of rotatable bonds is 11. The number of hydrogen-bond donors (Lipinski definition) is 0. The molecule has 0 spiro atoms. The highest BCUT2D eigenvalue weighted by atomic mass is 19.1. The van der Waals surface area contributed by atoms with Gasteiger partial charge >= 0.3 is 0 Å². The number of halogens is 1. The first-order chi connectivity index (χ1) is 14.7. The second kappa shape index (κ2) is 12.7. The predicted molar refractivity (Wildman–Crippen MR) is 128 cm³/mol. The molecule has 1 aromatic carbocycles. The normalized spacial score (nSPS) is 24.6. The van der Waals surface area contributed by atoms with E-state index in [-0.39, 0.29) is 5.82 Å². The van der Waals surface area contributed by atoms with Crippen molar-refractivity contribution in [2.24, 2.45) is 17.8 Å². The minimum atomic E-state index is 0.0142. The van der Waals surface area contributed by atoms with E-state index >= 15 is 0 Å². The summed E-state index contributed by atoms with van der Waals surface area (Å²) in [5.41, 5.74) is 3.69. The molecule has 1 heteroatoms. The molecule has 168 valence electrons. The standard InChI is InChI=1S/C29H45F/c1-3-5-6-7-9-28-21-16-25(22-29(28)30)11-10-24-14-19-27(20-15-24)26-17-12-23(8-4-2)13-18-26/h14,16,21-23,26-27H,3-13,15,17-20H2,1-2H3/t23-,26-,27?. The number of aryl methyl sites for hydroxylation is 2. The van der Waals surface area contributed by atoms with Crippen LogP contribution in [0.15, 0.2) is 29.8 Å². The highest BCUT2D eigenvalue weighted by Crippen LogP contribution is 2.41.